The number of rotatable bonds is 0. The van der Waals surface area contributed by atoms with Gasteiger partial charge >= 0.3 is 0 Å². The Hall–Kier alpha value is -5.46. The van der Waals surface area contributed by atoms with Gasteiger partial charge in [-0.1, -0.05) is 235 Å². The molecule has 0 unspecified atom stereocenters. The summed E-state index contributed by atoms with van der Waals surface area (Å²) in [6, 6.07) is 65.2. The van der Waals surface area contributed by atoms with E-state index >= 15 is 0 Å². The number of hydrogen-bond donors (Lipinski definition) is 0. The fourth-order valence-corrected chi connectivity index (χ4v) is 9.92. The third kappa shape index (κ3) is 3.50. The molecule has 6 heterocycles. The molecule has 8 aromatic rings. The lowest BCUT2D eigenvalue weighted by Gasteiger charge is -2.36. The maximum absolute atomic E-state index is 2.41. The van der Waals surface area contributed by atoms with Crippen molar-refractivity contribution in [2.45, 2.75) is 0 Å². The lowest BCUT2D eigenvalue weighted by atomic mass is 9.18. The third-order valence-electron chi connectivity index (χ3n) is 11.7. The van der Waals surface area contributed by atoms with Crippen molar-refractivity contribution in [3.63, 3.8) is 0 Å². The highest BCUT2D eigenvalue weighted by atomic mass is 14.2. The predicted molar refractivity (Wildman–Crippen MR) is 212 cm³/mol. The highest BCUT2D eigenvalue weighted by Gasteiger charge is 2.43. The Bertz CT molecular complexity index is 2180. The van der Waals surface area contributed by atoms with Gasteiger partial charge in [0.05, 0.1) is 0 Å². The fourth-order valence-electron chi connectivity index (χ4n) is 9.92. The standard InChI is InChI=1S/C44H28B4/c1-2-18-32-31(17-1)45-33-19-3-4-20-34(33)46(32)40-26-10-15-30-16-12-28-42(44(30)40)48-37-23-7-5-21-35(37)47(36-22-6-8-24-38(36)48)41-27-11-14-29-13-9-25-39(45)43(29)41/h1-28H. The van der Waals surface area contributed by atoms with E-state index < -0.39 is 0 Å². The zero-order chi connectivity index (χ0) is 31.3. The van der Waals surface area contributed by atoms with Crippen LogP contribution in [0.1, 0.15) is 0 Å². The van der Waals surface area contributed by atoms with Crippen molar-refractivity contribution in [2.24, 2.45) is 0 Å². The molecule has 48 heavy (non-hydrogen) atoms. The van der Waals surface area contributed by atoms with Crippen LogP contribution in [-0.4, -0.2) is 26.9 Å². The van der Waals surface area contributed by atoms with E-state index in [0.29, 0.717) is 0 Å². The molecule has 0 N–H and O–H groups in total. The van der Waals surface area contributed by atoms with Crippen LogP contribution in [0.15, 0.2) is 170 Å². The first-order valence-corrected chi connectivity index (χ1v) is 17.2. The van der Waals surface area contributed by atoms with Gasteiger partial charge in [-0.05, 0) is 21.5 Å². The Morgan fingerprint density at radius 2 is 0.375 bits per heavy atom. The molecular weight excluding hydrogens is 572 g/mol. The summed E-state index contributed by atoms with van der Waals surface area (Å²) in [7, 11) is 0. The molecule has 0 fully saturated rings. The Kier molecular flexibility index (Phi) is 5.55. The molecule has 0 atom stereocenters. The third-order valence-corrected chi connectivity index (χ3v) is 11.7. The molecule has 0 amide bonds. The van der Waals surface area contributed by atoms with Crippen LogP contribution >= 0.6 is 0 Å². The summed E-state index contributed by atoms with van der Waals surface area (Å²) in [6.07, 6.45) is 0. The lowest BCUT2D eigenvalue weighted by Crippen LogP contribution is -2.77. The first-order chi connectivity index (χ1) is 23.9. The molecule has 14 rings (SSSR count). The highest BCUT2D eigenvalue weighted by molar-refractivity contribution is 7.15. The SMILES string of the molecule is c1ccc2c(c1)B1c3ccccc3B2c2cccc3cccc(c23)B2c3ccccc3B(c3ccccc32)c2cccc3cccc1c23. The Balaban J connectivity index is 1.40. The Morgan fingerprint density at radius 3 is 0.583 bits per heavy atom. The second-order valence-electron chi connectivity index (χ2n) is 13.8. The average molecular weight is 600 g/mol. The molecule has 0 aromatic heterocycles. The first kappa shape index (κ1) is 26.6. The van der Waals surface area contributed by atoms with Crippen molar-refractivity contribution in [1.29, 1.82) is 0 Å². The summed E-state index contributed by atoms with van der Waals surface area (Å²) >= 11 is 0. The van der Waals surface area contributed by atoms with E-state index in [1.165, 1.54) is 87.1 Å². The molecule has 0 saturated heterocycles. The second-order valence-corrected chi connectivity index (χ2v) is 13.8. The highest BCUT2D eigenvalue weighted by Crippen LogP contribution is 2.18. The zero-order valence-electron chi connectivity index (χ0n) is 26.5. The van der Waals surface area contributed by atoms with Crippen LogP contribution in [0, 0.1) is 0 Å². The average Bonchev–Trinajstić information content (AvgIpc) is 3.15. The van der Waals surface area contributed by atoms with Crippen molar-refractivity contribution >= 4 is 114 Å². The Morgan fingerprint density at radius 1 is 0.188 bits per heavy atom. The summed E-state index contributed by atoms with van der Waals surface area (Å²) in [5, 5.41) is 5.39. The van der Waals surface area contributed by atoms with Crippen LogP contribution in [0.2, 0.25) is 0 Å². The summed E-state index contributed by atoms with van der Waals surface area (Å²) in [5.74, 6) is 0. The molecule has 4 heteroatoms. The van der Waals surface area contributed by atoms with E-state index in [4.69, 9.17) is 0 Å². The molecule has 6 aliphatic rings. The van der Waals surface area contributed by atoms with Crippen molar-refractivity contribution in [1.82, 2.24) is 0 Å². The maximum Gasteiger partial charge on any atom is 0.240 e. The van der Waals surface area contributed by atoms with Crippen molar-refractivity contribution in [3.05, 3.63) is 170 Å². The van der Waals surface area contributed by atoms with E-state index in [1.807, 2.05) is 0 Å². The zero-order valence-corrected chi connectivity index (χ0v) is 26.5. The van der Waals surface area contributed by atoms with Crippen LogP contribution in [0.4, 0.5) is 0 Å². The molecule has 6 aliphatic heterocycles. The largest absolute Gasteiger partial charge is 0.240 e. The molecule has 8 aromatic carbocycles. The lowest BCUT2D eigenvalue weighted by molar-refractivity contribution is 1.72. The van der Waals surface area contributed by atoms with E-state index in [1.54, 1.807) is 0 Å². The molecular formula is C44H28B4. The van der Waals surface area contributed by atoms with E-state index in [0.717, 1.165) is 0 Å². The van der Waals surface area contributed by atoms with Crippen molar-refractivity contribution in [2.75, 3.05) is 0 Å². The minimum absolute atomic E-state index is 0.123. The normalized spacial score (nSPS) is 13.7. The van der Waals surface area contributed by atoms with Gasteiger partial charge in [-0.2, -0.15) is 0 Å². The van der Waals surface area contributed by atoms with Gasteiger partial charge in [0, 0.05) is 0 Å². The molecule has 0 saturated carbocycles. The number of hydrogen-bond acceptors (Lipinski definition) is 0. The molecule has 216 valence electrons. The molecule has 0 radical (unpaired) electrons. The summed E-state index contributed by atoms with van der Waals surface area (Å²) in [5.41, 5.74) is 16.9. The monoisotopic (exact) mass is 600 g/mol. The second kappa shape index (κ2) is 10.0. The topological polar surface area (TPSA) is 0 Å². The predicted octanol–water partition coefficient (Wildman–Crippen LogP) is 0.998. The van der Waals surface area contributed by atoms with Crippen LogP contribution < -0.4 is 65.6 Å². The van der Waals surface area contributed by atoms with Gasteiger partial charge in [0.15, 0.2) is 0 Å². The summed E-state index contributed by atoms with van der Waals surface area (Å²) < 4.78 is 0. The quantitative estimate of drug-likeness (QED) is 0.228. The van der Waals surface area contributed by atoms with Gasteiger partial charge in [0.2, 0.25) is 26.9 Å². The van der Waals surface area contributed by atoms with Gasteiger partial charge in [0.25, 0.3) is 0 Å². The van der Waals surface area contributed by atoms with Gasteiger partial charge in [-0.15, -0.1) is 0 Å². The summed E-state index contributed by atoms with van der Waals surface area (Å²) in [4.78, 5) is 0. The van der Waals surface area contributed by atoms with E-state index in [2.05, 4.69) is 170 Å². The molecule has 0 nitrogen and oxygen atoms in total. The fraction of sp³-hybridized carbons (Fsp3) is 0. The van der Waals surface area contributed by atoms with Gasteiger partial charge in [-0.3, -0.25) is 0 Å². The maximum atomic E-state index is 2.41. The van der Waals surface area contributed by atoms with Crippen LogP contribution in [0.3, 0.4) is 0 Å². The minimum Gasteiger partial charge on any atom is -0.0733 e. The summed E-state index contributed by atoms with van der Waals surface area (Å²) in [6.45, 7) is 0.492. The smallest absolute Gasteiger partial charge is 0.0733 e. The van der Waals surface area contributed by atoms with Crippen molar-refractivity contribution in [3.8, 4) is 0 Å². The van der Waals surface area contributed by atoms with E-state index in [-0.39, 0.29) is 26.9 Å². The van der Waals surface area contributed by atoms with Crippen LogP contribution in [-0.2, 0) is 0 Å². The van der Waals surface area contributed by atoms with Gasteiger partial charge < -0.3 is 0 Å². The van der Waals surface area contributed by atoms with Crippen LogP contribution in [0.5, 0.6) is 0 Å². The van der Waals surface area contributed by atoms with E-state index in [9.17, 15) is 0 Å². The molecule has 4 bridgehead atoms. The minimum atomic E-state index is 0.123. The first-order valence-electron chi connectivity index (χ1n) is 17.2. The van der Waals surface area contributed by atoms with Gasteiger partial charge in [-0.25, -0.2) is 0 Å². The van der Waals surface area contributed by atoms with Gasteiger partial charge in [0.1, 0.15) is 0 Å². The van der Waals surface area contributed by atoms with Crippen LogP contribution in [0.25, 0.3) is 21.5 Å². The van der Waals surface area contributed by atoms with Crippen molar-refractivity contribution < 1.29 is 0 Å². The Labute approximate surface area is 282 Å². The molecule has 0 spiro atoms. The molecule has 0 aliphatic carbocycles. The number of benzene rings is 8.